The van der Waals surface area contributed by atoms with E-state index in [1.165, 1.54) is 11.3 Å². The highest BCUT2D eigenvalue weighted by molar-refractivity contribution is 7.09. The lowest BCUT2D eigenvalue weighted by atomic mass is 9.97. The third-order valence-corrected chi connectivity index (χ3v) is 4.44. The number of carbonyl (C=O) groups excluding carboxylic acids is 1. The zero-order valence-electron chi connectivity index (χ0n) is 11.2. The Bertz CT molecular complexity index is 481. The number of hydrogen-bond acceptors (Lipinski definition) is 5. The molecule has 1 amide bonds. The van der Waals surface area contributed by atoms with Crippen molar-refractivity contribution in [3.8, 4) is 0 Å². The van der Waals surface area contributed by atoms with E-state index in [-0.39, 0.29) is 11.8 Å². The first-order valence-corrected chi connectivity index (χ1v) is 7.62. The summed E-state index contributed by atoms with van der Waals surface area (Å²) in [6.45, 7) is 1.61. The van der Waals surface area contributed by atoms with E-state index in [1.54, 1.807) is 4.90 Å². The van der Waals surface area contributed by atoms with E-state index in [0.29, 0.717) is 38.9 Å². The molecule has 2 rings (SSSR count). The molecule has 1 aromatic rings. The fraction of sp³-hybridized carbons (Fsp3) is 0.615. The number of aromatic nitrogens is 1. The van der Waals surface area contributed by atoms with Crippen LogP contribution in [0.5, 0.6) is 0 Å². The van der Waals surface area contributed by atoms with Crippen molar-refractivity contribution in [1.82, 2.24) is 9.88 Å². The molecule has 1 saturated heterocycles. The number of amides is 1. The minimum absolute atomic E-state index is 0.0263. The molecular weight excluding hydrogens is 278 g/mol. The molecule has 0 aliphatic carbocycles. The number of aliphatic carboxylic acids is 1. The van der Waals surface area contributed by atoms with E-state index in [9.17, 15) is 9.59 Å². The van der Waals surface area contributed by atoms with Crippen LogP contribution < -0.4 is 5.73 Å². The Labute approximate surface area is 121 Å². The summed E-state index contributed by atoms with van der Waals surface area (Å²) in [4.78, 5) is 29.1. The summed E-state index contributed by atoms with van der Waals surface area (Å²) in [5, 5.41) is 11.8. The minimum atomic E-state index is -0.761. The Kier molecular flexibility index (Phi) is 5.08. The average Bonchev–Trinajstić information content (AvgIpc) is 2.86. The molecule has 6 nitrogen and oxygen atoms in total. The van der Waals surface area contributed by atoms with Gasteiger partial charge in [-0.1, -0.05) is 0 Å². The highest BCUT2D eigenvalue weighted by atomic mass is 32.1. The second kappa shape index (κ2) is 6.81. The van der Waals surface area contributed by atoms with Gasteiger partial charge in [-0.15, -0.1) is 11.3 Å². The fourth-order valence-electron chi connectivity index (χ4n) is 2.31. The normalized spacial score (nSPS) is 16.4. The third-order valence-electron chi connectivity index (χ3n) is 3.49. The topological polar surface area (TPSA) is 96.5 Å². The van der Waals surface area contributed by atoms with Crippen molar-refractivity contribution in [1.29, 1.82) is 0 Å². The highest BCUT2D eigenvalue weighted by Gasteiger charge is 2.27. The van der Waals surface area contributed by atoms with Crippen LogP contribution >= 0.6 is 11.3 Å². The molecule has 0 radical (unpaired) electrons. The summed E-state index contributed by atoms with van der Waals surface area (Å²) in [6, 6.07) is 0. The summed E-state index contributed by atoms with van der Waals surface area (Å²) >= 11 is 1.53. The van der Waals surface area contributed by atoms with Crippen molar-refractivity contribution in [3.63, 3.8) is 0 Å². The summed E-state index contributed by atoms with van der Waals surface area (Å²) in [7, 11) is 0. The minimum Gasteiger partial charge on any atom is -0.481 e. The third kappa shape index (κ3) is 3.77. The molecule has 7 heteroatoms. The molecular formula is C13H19N3O3S. The largest absolute Gasteiger partial charge is 0.481 e. The van der Waals surface area contributed by atoms with E-state index in [4.69, 9.17) is 10.8 Å². The van der Waals surface area contributed by atoms with Gasteiger partial charge in [-0.3, -0.25) is 9.59 Å². The van der Waals surface area contributed by atoms with Crippen molar-refractivity contribution in [2.45, 2.75) is 25.7 Å². The molecule has 1 fully saturated rings. The van der Waals surface area contributed by atoms with Gasteiger partial charge in [0.1, 0.15) is 0 Å². The number of carbonyl (C=O) groups is 2. The number of nitrogens with two attached hydrogens (primary N) is 1. The first kappa shape index (κ1) is 14.9. The summed E-state index contributed by atoms with van der Waals surface area (Å²) in [6.07, 6.45) is 2.11. The van der Waals surface area contributed by atoms with Crippen molar-refractivity contribution < 1.29 is 14.7 Å². The lowest BCUT2D eigenvalue weighted by Gasteiger charge is -2.30. The maximum atomic E-state index is 12.1. The van der Waals surface area contributed by atoms with Gasteiger partial charge < -0.3 is 15.7 Å². The fourth-order valence-corrected chi connectivity index (χ4v) is 3.12. The van der Waals surface area contributed by atoms with Crippen LogP contribution in [0.25, 0.3) is 0 Å². The number of rotatable bonds is 5. The van der Waals surface area contributed by atoms with Gasteiger partial charge in [0.25, 0.3) is 0 Å². The molecule has 1 aromatic heterocycles. The number of carboxylic acid groups (broad SMARTS) is 1. The second-order valence-corrected chi connectivity index (χ2v) is 5.88. The molecule has 0 saturated carbocycles. The Balaban J connectivity index is 1.84. The molecule has 1 aliphatic rings. The van der Waals surface area contributed by atoms with E-state index in [1.807, 2.05) is 5.38 Å². The van der Waals surface area contributed by atoms with Crippen LogP contribution in [0.2, 0.25) is 0 Å². The average molecular weight is 297 g/mol. The van der Waals surface area contributed by atoms with Crippen LogP contribution in [0.3, 0.4) is 0 Å². The number of hydrogen-bond donors (Lipinski definition) is 2. The number of likely N-dealkylation sites (tertiary alicyclic amines) is 1. The Morgan fingerprint density at radius 3 is 2.75 bits per heavy atom. The maximum Gasteiger partial charge on any atom is 0.306 e. The van der Waals surface area contributed by atoms with E-state index < -0.39 is 5.97 Å². The Hall–Kier alpha value is -1.47. The predicted molar refractivity (Wildman–Crippen MR) is 75.5 cm³/mol. The number of nitrogens with zero attached hydrogens (tertiary/aromatic N) is 2. The maximum absolute atomic E-state index is 12.1. The van der Waals surface area contributed by atoms with Gasteiger partial charge in [0.2, 0.25) is 5.91 Å². The van der Waals surface area contributed by atoms with Crippen molar-refractivity contribution >= 4 is 23.2 Å². The summed E-state index contributed by atoms with van der Waals surface area (Å²) < 4.78 is 0. The van der Waals surface area contributed by atoms with Gasteiger partial charge in [-0.05, 0) is 19.4 Å². The van der Waals surface area contributed by atoms with Crippen LogP contribution in [-0.2, 0) is 22.4 Å². The molecule has 110 valence electrons. The molecule has 0 spiro atoms. The second-order valence-electron chi connectivity index (χ2n) is 4.94. The van der Waals surface area contributed by atoms with Crippen molar-refractivity contribution in [2.24, 2.45) is 11.7 Å². The molecule has 3 N–H and O–H groups in total. The Morgan fingerprint density at radius 2 is 2.15 bits per heavy atom. The van der Waals surface area contributed by atoms with Crippen LogP contribution in [-0.4, -0.2) is 46.5 Å². The zero-order valence-corrected chi connectivity index (χ0v) is 12.1. The lowest BCUT2D eigenvalue weighted by Crippen LogP contribution is -2.41. The van der Waals surface area contributed by atoms with Gasteiger partial charge in [0.15, 0.2) is 0 Å². The molecule has 2 heterocycles. The summed E-state index contributed by atoms with van der Waals surface area (Å²) in [5.41, 5.74) is 6.25. The first-order chi connectivity index (χ1) is 9.60. The molecule has 0 bridgehead atoms. The molecule has 0 unspecified atom stereocenters. The van der Waals surface area contributed by atoms with E-state index in [0.717, 1.165) is 17.1 Å². The van der Waals surface area contributed by atoms with Gasteiger partial charge in [0, 0.05) is 24.9 Å². The first-order valence-electron chi connectivity index (χ1n) is 6.74. The molecule has 0 atom stereocenters. The quantitative estimate of drug-likeness (QED) is 0.825. The zero-order chi connectivity index (χ0) is 14.5. The molecule has 1 aliphatic heterocycles. The van der Waals surface area contributed by atoms with Crippen LogP contribution in [0.4, 0.5) is 0 Å². The predicted octanol–water partition coefficient (Wildman–Crippen LogP) is 0.510. The van der Waals surface area contributed by atoms with Crippen LogP contribution in [0, 0.1) is 5.92 Å². The van der Waals surface area contributed by atoms with Crippen LogP contribution in [0.1, 0.15) is 23.5 Å². The van der Waals surface area contributed by atoms with Gasteiger partial charge >= 0.3 is 5.97 Å². The van der Waals surface area contributed by atoms with Crippen molar-refractivity contribution in [3.05, 3.63) is 16.1 Å². The molecule has 20 heavy (non-hydrogen) atoms. The lowest BCUT2D eigenvalue weighted by molar-refractivity contribution is -0.145. The standard InChI is InChI=1S/C13H19N3O3S/c14-4-1-11-15-10(8-20-11)7-12(17)16-5-2-9(3-6-16)13(18)19/h8-9H,1-7,14H2,(H,18,19). The summed E-state index contributed by atoms with van der Waals surface area (Å²) in [5.74, 6) is -1.05. The molecule has 0 aromatic carbocycles. The SMILES string of the molecule is NCCc1nc(CC(=O)N2CCC(C(=O)O)CC2)cs1. The number of piperidine rings is 1. The smallest absolute Gasteiger partial charge is 0.306 e. The number of thiazole rings is 1. The van der Waals surface area contributed by atoms with E-state index >= 15 is 0 Å². The number of carboxylic acids is 1. The monoisotopic (exact) mass is 297 g/mol. The van der Waals surface area contributed by atoms with Crippen LogP contribution in [0.15, 0.2) is 5.38 Å². The Morgan fingerprint density at radius 1 is 1.45 bits per heavy atom. The van der Waals surface area contributed by atoms with Gasteiger partial charge in [0.05, 0.1) is 23.0 Å². The van der Waals surface area contributed by atoms with Gasteiger partial charge in [-0.2, -0.15) is 0 Å². The highest BCUT2D eigenvalue weighted by Crippen LogP contribution is 2.18. The van der Waals surface area contributed by atoms with Gasteiger partial charge in [-0.25, -0.2) is 4.98 Å². The van der Waals surface area contributed by atoms with E-state index in [2.05, 4.69) is 4.98 Å². The van der Waals surface area contributed by atoms with Crippen molar-refractivity contribution in [2.75, 3.05) is 19.6 Å².